The zero-order valence-electron chi connectivity index (χ0n) is 6.32. The van der Waals surface area contributed by atoms with Gasteiger partial charge in [0, 0.05) is 0 Å². The van der Waals surface area contributed by atoms with Gasteiger partial charge in [0.05, 0.1) is 0 Å². The van der Waals surface area contributed by atoms with Crippen molar-refractivity contribution in [1.29, 1.82) is 0 Å². The topological polar surface area (TPSA) is 72.5 Å². The summed E-state index contributed by atoms with van der Waals surface area (Å²) in [6.07, 6.45) is 4.29. The van der Waals surface area contributed by atoms with Gasteiger partial charge in [-0.3, -0.25) is 0 Å². The van der Waals surface area contributed by atoms with Gasteiger partial charge in [-0.1, -0.05) is 0 Å². The number of rotatable bonds is 6. The van der Waals surface area contributed by atoms with Crippen LogP contribution in [0.5, 0.6) is 0 Å². The molecule has 0 spiro atoms. The predicted molar refractivity (Wildman–Crippen MR) is 40.9 cm³/mol. The average Bonchev–Trinajstić information content (AvgIpc) is 2.03. The fraction of sp³-hybridized carbons (Fsp3) is 0.714. The van der Waals surface area contributed by atoms with Gasteiger partial charge >= 0.3 is 0 Å². The molecule has 0 bridgehead atoms. The van der Waals surface area contributed by atoms with Crippen molar-refractivity contribution in [2.75, 3.05) is 6.54 Å². The van der Waals surface area contributed by atoms with Gasteiger partial charge in [-0.15, -0.1) is 0 Å². The molecule has 11 heavy (non-hydrogen) atoms. The number of carbonyl (C=O) groups excluding carboxylic acids is 2. The molecular formula is C7H12N2O2. The Kier molecular flexibility index (Phi) is 6.48. The molecule has 0 aliphatic rings. The number of isocyanates is 1. The molecule has 0 radical (unpaired) electrons. The summed E-state index contributed by atoms with van der Waals surface area (Å²) in [6, 6.07) is -0.515. The molecule has 0 rings (SSSR count). The molecule has 62 valence electrons. The number of nitrogens with zero attached hydrogens (tertiary/aromatic N) is 1. The Balaban J connectivity index is 3.52. The van der Waals surface area contributed by atoms with E-state index in [2.05, 4.69) is 4.99 Å². The lowest BCUT2D eigenvalue weighted by Crippen LogP contribution is -2.07. The summed E-state index contributed by atoms with van der Waals surface area (Å²) >= 11 is 0. The minimum Gasteiger partial charge on any atom is -0.330 e. The van der Waals surface area contributed by atoms with Crippen LogP contribution in [0.15, 0.2) is 4.99 Å². The molecule has 1 atom stereocenters. The van der Waals surface area contributed by atoms with Crippen LogP contribution < -0.4 is 5.73 Å². The van der Waals surface area contributed by atoms with E-state index in [4.69, 9.17) is 5.73 Å². The van der Waals surface area contributed by atoms with E-state index >= 15 is 0 Å². The lowest BCUT2D eigenvalue weighted by molar-refractivity contribution is -0.108. The van der Waals surface area contributed by atoms with Gasteiger partial charge in [-0.05, 0) is 25.8 Å². The van der Waals surface area contributed by atoms with E-state index in [1.54, 1.807) is 0 Å². The number of carbonyl (C=O) groups is 1. The van der Waals surface area contributed by atoms with Crippen LogP contribution in [-0.4, -0.2) is 25.0 Å². The third-order valence-corrected chi connectivity index (χ3v) is 1.33. The molecular weight excluding hydrogens is 144 g/mol. The molecule has 0 unspecified atom stereocenters. The lowest BCUT2D eigenvalue weighted by atomic mass is 10.1. The van der Waals surface area contributed by atoms with Crippen molar-refractivity contribution >= 4 is 12.4 Å². The van der Waals surface area contributed by atoms with Crippen LogP contribution >= 0.6 is 0 Å². The second-order valence-electron chi connectivity index (χ2n) is 2.21. The highest BCUT2D eigenvalue weighted by molar-refractivity contribution is 5.59. The van der Waals surface area contributed by atoms with E-state index in [1.807, 2.05) is 0 Å². The normalized spacial score (nSPS) is 11.7. The van der Waals surface area contributed by atoms with Crippen LogP contribution in [0.25, 0.3) is 0 Å². The van der Waals surface area contributed by atoms with Crippen molar-refractivity contribution < 1.29 is 9.59 Å². The first-order valence-electron chi connectivity index (χ1n) is 3.57. The van der Waals surface area contributed by atoms with Crippen molar-refractivity contribution in [3.8, 4) is 0 Å². The van der Waals surface area contributed by atoms with E-state index in [0.29, 0.717) is 19.3 Å². The summed E-state index contributed by atoms with van der Waals surface area (Å²) in [7, 11) is 0. The Hall–Kier alpha value is -0.990. The molecule has 0 amide bonds. The highest BCUT2D eigenvalue weighted by atomic mass is 16.1. The highest BCUT2D eigenvalue weighted by Gasteiger charge is 2.02. The van der Waals surface area contributed by atoms with Gasteiger partial charge < -0.3 is 10.5 Å². The van der Waals surface area contributed by atoms with Gasteiger partial charge in [-0.2, -0.15) is 4.99 Å². The average molecular weight is 156 g/mol. The molecule has 0 aromatic rings. The van der Waals surface area contributed by atoms with Crippen LogP contribution in [0.2, 0.25) is 0 Å². The van der Waals surface area contributed by atoms with Crippen LogP contribution in [0.1, 0.15) is 19.3 Å². The first-order chi connectivity index (χ1) is 5.35. The summed E-state index contributed by atoms with van der Waals surface area (Å²) in [5.41, 5.74) is 5.23. The maximum Gasteiger partial charge on any atom is 0.235 e. The van der Waals surface area contributed by atoms with Crippen molar-refractivity contribution in [3.63, 3.8) is 0 Å². The molecule has 0 saturated carbocycles. The molecule has 4 heteroatoms. The summed E-state index contributed by atoms with van der Waals surface area (Å²) < 4.78 is 0. The molecule has 0 aliphatic carbocycles. The minimum absolute atomic E-state index is 0.515. The Labute approximate surface area is 65.5 Å². The second-order valence-corrected chi connectivity index (χ2v) is 2.21. The number of aliphatic imine (C=N–C) groups is 1. The maximum atomic E-state index is 10.2. The molecule has 0 saturated heterocycles. The van der Waals surface area contributed by atoms with E-state index in [0.717, 1.165) is 12.8 Å². The number of hydrogen-bond donors (Lipinski definition) is 1. The quantitative estimate of drug-likeness (QED) is 0.255. The predicted octanol–water partition coefficient (Wildman–Crippen LogP) is 0.0187. The Morgan fingerprint density at radius 1 is 1.55 bits per heavy atom. The van der Waals surface area contributed by atoms with Gasteiger partial charge in [-0.25, -0.2) is 4.79 Å². The van der Waals surface area contributed by atoms with Crippen molar-refractivity contribution in [3.05, 3.63) is 0 Å². The molecule has 0 aromatic heterocycles. The largest absolute Gasteiger partial charge is 0.330 e. The van der Waals surface area contributed by atoms with E-state index in [-0.39, 0.29) is 0 Å². The molecule has 0 fully saturated rings. The second kappa shape index (κ2) is 7.12. The summed E-state index contributed by atoms with van der Waals surface area (Å²) in [5.74, 6) is 0. The van der Waals surface area contributed by atoms with E-state index < -0.39 is 6.04 Å². The summed E-state index contributed by atoms with van der Waals surface area (Å²) in [5, 5.41) is 0. The Bertz CT molecular complexity index is 153. The molecule has 4 nitrogen and oxygen atoms in total. The monoisotopic (exact) mass is 156 g/mol. The molecule has 0 heterocycles. The van der Waals surface area contributed by atoms with Crippen LogP contribution in [0, 0.1) is 0 Å². The number of aldehydes is 1. The Morgan fingerprint density at radius 3 is 2.73 bits per heavy atom. The zero-order valence-corrected chi connectivity index (χ0v) is 6.32. The van der Waals surface area contributed by atoms with Crippen molar-refractivity contribution in [2.24, 2.45) is 10.7 Å². The molecule has 2 N–H and O–H groups in total. The van der Waals surface area contributed by atoms with Crippen molar-refractivity contribution in [2.45, 2.75) is 25.3 Å². The van der Waals surface area contributed by atoms with Gasteiger partial charge in [0.1, 0.15) is 12.3 Å². The smallest absolute Gasteiger partial charge is 0.235 e. The van der Waals surface area contributed by atoms with Gasteiger partial charge in [0.2, 0.25) is 6.08 Å². The van der Waals surface area contributed by atoms with Crippen molar-refractivity contribution in [1.82, 2.24) is 0 Å². The minimum atomic E-state index is -0.515. The van der Waals surface area contributed by atoms with Crippen LogP contribution in [-0.2, 0) is 9.59 Å². The zero-order chi connectivity index (χ0) is 8.53. The van der Waals surface area contributed by atoms with Crippen LogP contribution in [0.4, 0.5) is 0 Å². The SMILES string of the molecule is NCCCC[C@@H](C=O)N=C=O. The maximum absolute atomic E-state index is 10.2. The molecule has 0 aromatic carbocycles. The Morgan fingerprint density at radius 2 is 2.27 bits per heavy atom. The fourth-order valence-corrected chi connectivity index (χ4v) is 0.729. The van der Waals surface area contributed by atoms with E-state index in [9.17, 15) is 9.59 Å². The third-order valence-electron chi connectivity index (χ3n) is 1.33. The van der Waals surface area contributed by atoms with Gasteiger partial charge in [0.15, 0.2) is 0 Å². The number of hydrogen-bond acceptors (Lipinski definition) is 4. The van der Waals surface area contributed by atoms with Crippen LogP contribution in [0.3, 0.4) is 0 Å². The fourth-order valence-electron chi connectivity index (χ4n) is 0.729. The first-order valence-corrected chi connectivity index (χ1v) is 3.57. The summed E-state index contributed by atoms with van der Waals surface area (Å²) in [6.45, 7) is 0.608. The molecule has 0 aliphatic heterocycles. The summed E-state index contributed by atoms with van der Waals surface area (Å²) in [4.78, 5) is 23.2. The third kappa shape index (κ3) is 5.45. The highest BCUT2D eigenvalue weighted by Crippen LogP contribution is 2.00. The standard InChI is InChI=1S/C7H12N2O2/c8-4-2-1-3-7(5-10)9-6-11/h5,7H,1-4,8H2/t7-/m0/s1. The van der Waals surface area contributed by atoms with E-state index in [1.165, 1.54) is 6.08 Å². The lowest BCUT2D eigenvalue weighted by Gasteiger charge is -1.99. The van der Waals surface area contributed by atoms with Gasteiger partial charge in [0.25, 0.3) is 0 Å². The number of unbranched alkanes of at least 4 members (excludes halogenated alkanes) is 1. The number of nitrogens with two attached hydrogens (primary N) is 1. The first kappa shape index (κ1) is 10.0.